The van der Waals surface area contributed by atoms with Gasteiger partial charge < -0.3 is 14.6 Å². The fraction of sp³-hybridized carbons (Fsp3) is 0.600. The molecule has 1 aromatic rings. The van der Waals surface area contributed by atoms with Crippen molar-refractivity contribution in [1.82, 2.24) is 0 Å². The summed E-state index contributed by atoms with van der Waals surface area (Å²) in [6.45, 7) is 3.47. The van der Waals surface area contributed by atoms with Gasteiger partial charge in [-0.25, -0.2) is 0 Å². The van der Waals surface area contributed by atoms with Gasteiger partial charge >= 0.3 is 0 Å². The highest BCUT2D eigenvalue weighted by Crippen LogP contribution is 2.15. The van der Waals surface area contributed by atoms with Crippen LogP contribution < -0.4 is 0 Å². The van der Waals surface area contributed by atoms with Gasteiger partial charge in [0.05, 0.1) is 5.60 Å². The molecule has 74 valence electrons. The zero-order chi connectivity index (χ0) is 9.90. The van der Waals surface area contributed by atoms with E-state index in [0.29, 0.717) is 18.6 Å². The van der Waals surface area contributed by atoms with E-state index in [2.05, 4.69) is 0 Å². The van der Waals surface area contributed by atoms with Gasteiger partial charge in [0.15, 0.2) is 0 Å². The number of aryl methyl sites for hydroxylation is 1. The van der Waals surface area contributed by atoms with Crippen molar-refractivity contribution in [3.05, 3.63) is 23.7 Å². The molecular weight excluding hydrogens is 168 g/mol. The molecule has 2 N–H and O–H groups in total. The topological polar surface area (TPSA) is 53.6 Å². The second-order valence-corrected chi connectivity index (χ2v) is 3.84. The lowest BCUT2D eigenvalue weighted by Crippen LogP contribution is -2.18. The summed E-state index contributed by atoms with van der Waals surface area (Å²) in [5.74, 6) is 1.39. The van der Waals surface area contributed by atoms with Crippen LogP contribution in [-0.4, -0.2) is 15.8 Å². The zero-order valence-corrected chi connectivity index (χ0v) is 8.08. The molecule has 0 aliphatic heterocycles. The molecule has 0 atom stereocenters. The van der Waals surface area contributed by atoms with Crippen LogP contribution in [0.3, 0.4) is 0 Å². The van der Waals surface area contributed by atoms with E-state index in [1.54, 1.807) is 19.9 Å². The second-order valence-electron chi connectivity index (χ2n) is 3.84. The Morgan fingerprint density at radius 2 is 1.92 bits per heavy atom. The van der Waals surface area contributed by atoms with E-state index in [-0.39, 0.29) is 6.61 Å². The lowest BCUT2D eigenvalue weighted by atomic mass is 10.0. The molecular formula is C10H16O3. The van der Waals surface area contributed by atoms with Crippen LogP contribution in [0.15, 0.2) is 16.5 Å². The van der Waals surface area contributed by atoms with Crippen LogP contribution >= 0.6 is 0 Å². The molecule has 3 nitrogen and oxygen atoms in total. The summed E-state index contributed by atoms with van der Waals surface area (Å²) in [6.07, 6.45) is 1.36. The van der Waals surface area contributed by atoms with Crippen LogP contribution in [-0.2, 0) is 13.0 Å². The number of aliphatic hydroxyl groups excluding tert-OH is 1. The van der Waals surface area contributed by atoms with Crippen LogP contribution in [0.25, 0.3) is 0 Å². The molecule has 0 unspecified atom stereocenters. The molecule has 13 heavy (non-hydrogen) atoms. The summed E-state index contributed by atoms with van der Waals surface area (Å²) < 4.78 is 5.27. The average molecular weight is 184 g/mol. The van der Waals surface area contributed by atoms with Gasteiger partial charge in [-0.1, -0.05) is 0 Å². The van der Waals surface area contributed by atoms with Crippen LogP contribution in [0.5, 0.6) is 0 Å². The first-order chi connectivity index (χ1) is 6.01. The van der Waals surface area contributed by atoms with Gasteiger partial charge in [-0.2, -0.15) is 0 Å². The fourth-order valence-corrected chi connectivity index (χ4v) is 1.07. The van der Waals surface area contributed by atoms with Crippen molar-refractivity contribution in [1.29, 1.82) is 0 Å². The van der Waals surface area contributed by atoms with E-state index in [9.17, 15) is 5.11 Å². The molecule has 0 aromatic carbocycles. The number of aliphatic hydroxyl groups is 2. The highest BCUT2D eigenvalue weighted by atomic mass is 16.4. The molecule has 0 fully saturated rings. The average Bonchev–Trinajstić information content (AvgIpc) is 2.47. The summed E-state index contributed by atoms with van der Waals surface area (Å²) in [5, 5.41) is 18.2. The van der Waals surface area contributed by atoms with Crippen molar-refractivity contribution >= 4 is 0 Å². The van der Waals surface area contributed by atoms with Crippen molar-refractivity contribution in [2.24, 2.45) is 0 Å². The maximum absolute atomic E-state index is 9.45. The van der Waals surface area contributed by atoms with Crippen LogP contribution in [0.1, 0.15) is 31.8 Å². The van der Waals surface area contributed by atoms with Crippen molar-refractivity contribution in [2.45, 2.75) is 38.9 Å². The zero-order valence-electron chi connectivity index (χ0n) is 8.08. The van der Waals surface area contributed by atoms with Crippen molar-refractivity contribution in [3.8, 4) is 0 Å². The van der Waals surface area contributed by atoms with E-state index in [0.717, 1.165) is 5.76 Å². The molecule has 0 aliphatic carbocycles. The monoisotopic (exact) mass is 184 g/mol. The van der Waals surface area contributed by atoms with E-state index in [4.69, 9.17) is 9.52 Å². The Labute approximate surface area is 78.0 Å². The minimum Gasteiger partial charge on any atom is -0.464 e. The molecule has 0 bridgehead atoms. The highest BCUT2D eigenvalue weighted by Gasteiger charge is 2.13. The van der Waals surface area contributed by atoms with Crippen molar-refractivity contribution in [3.63, 3.8) is 0 Å². The molecule has 1 heterocycles. The quantitative estimate of drug-likeness (QED) is 0.745. The largest absolute Gasteiger partial charge is 0.464 e. The lowest BCUT2D eigenvalue weighted by Gasteiger charge is -2.15. The first-order valence-corrected chi connectivity index (χ1v) is 4.42. The van der Waals surface area contributed by atoms with Gasteiger partial charge in [0.2, 0.25) is 0 Å². The van der Waals surface area contributed by atoms with Gasteiger partial charge in [-0.05, 0) is 32.4 Å². The van der Waals surface area contributed by atoms with Crippen LogP contribution in [0.2, 0.25) is 0 Å². The number of furan rings is 1. The van der Waals surface area contributed by atoms with E-state index < -0.39 is 5.60 Å². The molecule has 0 saturated heterocycles. The summed E-state index contributed by atoms with van der Waals surface area (Å²) in [6, 6.07) is 3.58. The third kappa shape index (κ3) is 3.61. The Bertz CT molecular complexity index is 257. The summed E-state index contributed by atoms with van der Waals surface area (Å²) in [7, 11) is 0. The Hall–Kier alpha value is -0.800. The normalized spacial score (nSPS) is 12.0. The standard InChI is InChI=1S/C10H16O3/c1-10(2,12)6-5-8-3-4-9(7-11)13-8/h3-4,11-12H,5-7H2,1-2H3. The van der Waals surface area contributed by atoms with Gasteiger partial charge in [0.1, 0.15) is 18.1 Å². The summed E-state index contributed by atoms with van der Waals surface area (Å²) in [5.41, 5.74) is -0.661. The first kappa shape index (κ1) is 10.3. The van der Waals surface area contributed by atoms with Gasteiger partial charge in [0.25, 0.3) is 0 Å². The molecule has 0 saturated carbocycles. The van der Waals surface area contributed by atoms with Crippen LogP contribution in [0.4, 0.5) is 0 Å². The van der Waals surface area contributed by atoms with Gasteiger partial charge in [-0.15, -0.1) is 0 Å². The first-order valence-electron chi connectivity index (χ1n) is 4.42. The second kappa shape index (κ2) is 3.94. The Kier molecular flexibility index (Phi) is 3.12. The third-order valence-electron chi connectivity index (χ3n) is 1.86. The SMILES string of the molecule is CC(C)(O)CCc1ccc(CO)o1. The Morgan fingerprint density at radius 1 is 1.31 bits per heavy atom. The summed E-state index contributed by atoms with van der Waals surface area (Å²) in [4.78, 5) is 0. The fourth-order valence-electron chi connectivity index (χ4n) is 1.07. The molecule has 3 heteroatoms. The Morgan fingerprint density at radius 3 is 2.38 bits per heavy atom. The number of rotatable bonds is 4. The van der Waals surface area contributed by atoms with Gasteiger partial charge in [0, 0.05) is 6.42 Å². The van der Waals surface area contributed by atoms with Crippen LogP contribution in [0, 0.1) is 0 Å². The molecule has 0 spiro atoms. The smallest absolute Gasteiger partial charge is 0.129 e. The van der Waals surface area contributed by atoms with E-state index in [1.807, 2.05) is 6.07 Å². The molecule has 0 radical (unpaired) electrons. The predicted octanol–water partition coefficient (Wildman–Crippen LogP) is 1.48. The third-order valence-corrected chi connectivity index (χ3v) is 1.86. The number of hydrogen-bond acceptors (Lipinski definition) is 3. The minimum atomic E-state index is -0.661. The molecule has 0 aliphatic rings. The Balaban J connectivity index is 2.46. The van der Waals surface area contributed by atoms with Crippen molar-refractivity contribution in [2.75, 3.05) is 0 Å². The van der Waals surface area contributed by atoms with E-state index >= 15 is 0 Å². The van der Waals surface area contributed by atoms with Crippen molar-refractivity contribution < 1.29 is 14.6 Å². The molecule has 0 amide bonds. The summed E-state index contributed by atoms with van der Waals surface area (Å²) >= 11 is 0. The maximum Gasteiger partial charge on any atom is 0.129 e. The number of hydrogen-bond donors (Lipinski definition) is 2. The minimum absolute atomic E-state index is 0.0669. The molecule has 1 aromatic heterocycles. The highest BCUT2D eigenvalue weighted by molar-refractivity contribution is 5.06. The predicted molar refractivity (Wildman–Crippen MR) is 49.2 cm³/mol. The molecule has 1 rings (SSSR count). The lowest BCUT2D eigenvalue weighted by molar-refractivity contribution is 0.0696. The van der Waals surface area contributed by atoms with Gasteiger partial charge in [-0.3, -0.25) is 0 Å². The van der Waals surface area contributed by atoms with E-state index in [1.165, 1.54) is 0 Å². The maximum atomic E-state index is 9.45.